The van der Waals surface area contributed by atoms with Gasteiger partial charge < -0.3 is 19.8 Å². The van der Waals surface area contributed by atoms with E-state index in [0.717, 1.165) is 10.5 Å². The number of para-hydroxylation sites is 1. The fraction of sp³-hybridized carbons (Fsp3) is 0.118. The molecule has 25 heavy (non-hydrogen) atoms. The molecule has 1 aromatic carbocycles. The molecule has 0 spiro atoms. The van der Waals surface area contributed by atoms with Crippen LogP contribution in [-0.2, 0) is 19.1 Å². The molecule has 2 N–H and O–H groups in total. The van der Waals surface area contributed by atoms with Crippen molar-refractivity contribution in [2.45, 2.75) is 0 Å². The zero-order valence-electron chi connectivity index (χ0n) is 13.0. The lowest BCUT2D eigenvalue weighted by atomic mass is 10.3. The fourth-order valence-electron chi connectivity index (χ4n) is 1.71. The van der Waals surface area contributed by atoms with Crippen LogP contribution in [0.4, 0.5) is 5.69 Å². The molecule has 0 bridgehead atoms. The summed E-state index contributed by atoms with van der Waals surface area (Å²) in [5, 5.41) is 5.00. The van der Waals surface area contributed by atoms with Crippen LogP contribution in [0.25, 0.3) is 6.08 Å². The summed E-state index contributed by atoms with van der Waals surface area (Å²) in [5.74, 6) is -1.18. The number of ether oxygens (including phenoxy) is 1. The standard InChI is InChI=1S/C17H15BrN2O5/c18-13-5-1-2-6-14(13)20-15(21)10-19-16(22)11-25-17(23)8-7-12-4-3-9-24-12/h1-9H,10-11H2,(H,19,22)(H,20,21)/b8-7+. The van der Waals surface area contributed by atoms with Crippen LogP contribution in [0.5, 0.6) is 0 Å². The summed E-state index contributed by atoms with van der Waals surface area (Å²) in [6.07, 6.45) is 4.04. The summed E-state index contributed by atoms with van der Waals surface area (Å²) in [7, 11) is 0. The van der Waals surface area contributed by atoms with Gasteiger partial charge in [0.25, 0.3) is 5.91 Å². The number of esters is 1. The van der Waals surface area contributed by atoms with Crippen molar-refractivity contribution in [2.75, 3.05) is 18.5 Å². The molecule has 2 rings (SSSR count). The molecule has 0 unspecified atom stereocenters. The number of hydrogen-bond acceptors (Lipinski definition) is 5. The summed E-state index contributed by atoms with van der Waals surface area (Å²) >= 11 is 3.30. The van der Waals surface area contributed by atoms with Crippen LogP contribution in [0.15, 0.2) is 57.6 Å². The van der Waals surface area contributed by atoms with Gasteiger partial charge in [-0.2, -0.15) is 0 Å². The summed E-state index contributed by atoms with van der Waals surface area (Å²) in [5.41, 5.74) is 0.594. The Morgan fingerprint density at radius 1 is 1.12 bits per heavy atom. The highest BCUT2D eigenvalue weighted by Crippen LogP contribution is 2.20. The number of furan rings is 1. The maximum atomic E-state index is 11.8. The number of hydrogen-bond donors (Lipinski definition) is 2. The minimum Gasteiger partial charge on any atom is -0.465 e. The van der Waals surface area contributed by atoms with Crippen LogP contribution in [0, 0.1) is 0 Å². The average molecular weight is 407 g/mol. The van der Waals surface area contributed by atoms with Gasteiger partial charge in [0.1, 0.15) is 5.76 Å². The van der Waals surface area contributed by atoms with E-state index in [-0.39, 0.29) is 6.54 Å². The highest BCUT2D eigenvalue weighted by molar-refractivity contribution is 9.10. The Kier molecular flexibility index (Phi) is 6.97. The van der Waals surface area contributed by atoms with Crippen molar-refractivity contribution in [3.63, 3.8) is 0 Å². The Balaban J connectivity index is 1.67. The van der Waals surface area contributed by atoms with Crippen LogP contribution in [0.1, 0.15) is 5.76 Å². The number of anilines is 1. The molecule has 0 atom stereocenters. The lowest BCUT2D eigenvalue weighted by molar-refractivity contribution is -0.143. The van der Waals surface area contributed by atoms with E-state index in [1.807, 2.05) is 6.07 Å². The van der Waals surface area contributed by atoms with E-state index in [0.29, 0.717) is 11.4 Å². The maximum Gasteiger partial charge on any atom is 0.331 e. The predicted octanol–water partition coefficient (Wildman–Crippen LogP) is 2.35. The molecule has 0 radical (unpaired) electrons. The predicted molar refractivity (Wildman–Crippen MR) is 94.5 cm³/mol. The van der Waals surface area contributed by atoms with Crippen molar-refractivity contribution < 1.29 is 23.5 Å². The third-order valence-electron chi connectivity index (χ3n) is 2.87. The zero-order valence-corrected chi connectivity index (χ0v) is 14.6. The fourth-order valence-corrected chi connectivity index (χ4v) is 2.09. The molecule has 8 heteroatoms. The van der Waals surface area contributed by atoms with Crippen molar-refractivity contribution in [1.29, 1.82) is 0 Å². The van der Waals surface area contributed by atoms with Crippen molar-refractivity contribution in [3.8, 4) is 0 Å². The van der Waals surface area contributed by atoms with Crippen LogP contribution >= 0.6 is 15.9 Å². The Morgan fingerprint density at radius 3 is 2.64 bits per heavy atom. The lowest BCUT2D eigenvalue weighted by Gasteiger charge is -2.08. The SMILES string of the molecule is O=C(COC(=O)/C=C/c1ccco1)NCC(=O)Nc1ccccc1Br. The lowest BCUT2D eigenvalue weighted by Crippen LogP contribution is -2.35. The largest absolute Gasteiger partial charge is 0.465 e. The van der Waals surface area contributed by atoms with Crippen LogP contribution < -0.4 is 10.6 Å². The molecule has 2 aromatic rings. The van der Waals surface area contributed by atoms with Crippen LogP contribution in [-0.4, -0.2) is 30.9 Å². The average Bonchev–Trinajstić information content (AvgIpc) is 3.12. The van der Waals surface area contributed by atoms with Crippen LogP contribution in [0.2, 0.25) is 0 Å². The Labute approximate surface area is 152 Å². The summed E-state index contributed by atoms with van der Waals surface area (Å²) in [4.78, 5) is 34.8. The van der Waals surface area contributed by atoms with Gasteiger partial charge in [-0.1, -0.05) is 12.1 Å². The van der Waals surface area contributed by atoms with E-state index in [2.05, 4.69) is 26.6 Å². The van der Waals surface area contributed by atoms with Gasteiger partial charge in [0.15, 0.2) is 6.61 Å². The van der Waals surface area contributed by atoms with Crippen molar-refractivity contribution in [1.82, 2.24) is 5.32 Å². The Bertz CT molecular complexity index is 771. The first kappa shape index (κ1) is 18.5. The van der Waals surface area contributed by atoms with E-state index in [1.165, 1.54) is 12.3 Å². The molecule has 0 saturated heterocycles. The molecule has 0 aliphatic heterocycles. The van der Waals surface area contributed by atoms with Crippen molar-refractivity contribution >= 4 is 45.5 Å². The van der Waals surface area contributed by atoms with Crippen molar-refractivity contribution in [2.24, 2.45) is 0 Å². The number of amides is 2. The van der Waals surface area contributed by atoms with E-state index in [1.54, 1.807) is 30.3 Å². The third-order valence-corrected chi connectivity index (χ3v) is 3.56. The molecule has 0 aliphatic carbocycles. The van der Waals surface area contributed by atoms with Gasteiger partial charge in [0, 0.05) is 10.5 Å². The van der Waals surface area contributed by atoms with Gasteiger partial charge in [-0.25, -0.2) is 4.79 Å². The van der Waals surface area contributed by atoms with E-state index in [9.17, 15) is 14.4 Å². The molecule has 130 valence electrons. The first-order valence-electron chi connectivity index (χ1n) is 7.24. The number of benzene rings is 1. The molecule has 1 aromatic heterocycles. The Morgan fingerprint density at radius 2 is 1.92 bits per heavy atom. The van der Waals surface area contributed by atoms with E-state index < -0.39 is 24.4 Å². The third kappa shape index (κ3) is 6.64. The monoisotopic (exact) mass is 406 g/mol. The number of carbonyl (C=O) groups excluding carboxylic acids is 3. The molecule has 7 nitrogen and oxygen atoms in total. The summed E-state index contributed by atoms with van der Waals surface area (Å²) < 4.78 is 10.5. The molecule has 0 fully saturated rings. The second-order valence-electron chi connectivity index (χ2n) is 4.76. The first-order valence-corrected chi connectivity index (χ1v) is 8.03. The number of carbonyl (C=O) groups is 3. The molecule has 0 aliphatic rings. The first-order chi connectivity index (χ1) is 12.0. The normalized spacial score (nSPS) is 10.4. The molecule has 2 amide bonds. The summed E-state index contributed by atoms with van der Waals surface area (Å²) in [6.45, 7) is -0.719. The second kappa shape index (κ2) is 9.43. The molecule has 1 heterocycles. The minimum absolute atomic E-state index is 0.236. The van der Waals surface area contributed by atoms with E-state index in [4.69, 9.17) is 9.15 Å². The highest BCUT2D eigenvalue weighted by atomic mass is 79.9. The highest BCUT2D eigenvalue weighted by Gasteiger charge is 2.09. The van der Waals surface area contributed by atoms with Crippen molar-refractivity contribution in [3.05, 3.63) is 59.0 Å². The summed E-state index contributed by atoms with van der Waals surface area (Å²) in [6, 6.07) is 10.4. The molecular formula is C17H15BrN2O5. The van der Waals surface area contributed by atoms with Gasteiger partial charge in [0.2, 0.25) is 5.91 Å². The minimum atomic E-state index is -0.691. The second-order valence-corrected chi connectivity index (χ2v) is 5.62. The zero-order chi connectivity index (χ0) is 18.1. The molecular weight excluding hydrogens is 392 g/mol. The number of rotatable bonds is 7. The van der Waals surface area contributed by atoms with E-state index >= 15 is 0 Å². The van der Waals surface area contributed by atoms with Gasteiger partial charge in [-0.15, -0.1) is 0 Å². The topological polar surface area (TPSA) is 97.6 Å². The quantitative estimate of drug-likeness (QED) is 0.543. The van der Waals surface area contributed by atoms with Gasteiger partial charge in [-0.05, 0) is 46.3 Å². The van der Waals surface area contributed by atoms with Gasteiger partial charge in [0.05, 0.1) is 18.5 Å². The van der Waals surface area contributed by atoms with Gasteiger partial charge in [-0.3, -0.25) is 9.59 Å². The smallest absolute Gasteiger partial charge is 0.331 e. The Hall–Kier alpha value is -2.87. The van der Waals surface area contributed by atoms with Crippen LogP contribution in [0.3, 0.4) is 0 Å². The maximum absolute atomic E-state index is 11.8. The van der Waals surface area contributed by atoms with Gasteiger partial charge >= 0.3 is 5.97 Å². The molecule has 0 saturated carbocycles. The number of nitrogens with one attached hydrogen (secondary N) is 2. The number of halogens is 1.